The van der Waals surface area contributed by atoms with Crippen LogP contribution in [0.1, 0.15) is 19.0 Å². The van der Waals surface area contributed by atoms with E-state index in [-0.39, 0.29) is 12.2 Å². The molecule has 0 bridgehead atoms. The van der Waals surface area contributed by atoms with Crippen LogP contribution in [0.25, 0.3) is 11.5 Å². The summed E-state index contributed by atoms with van der Waals surface area (Å²) in [6.07, 6.45) is 2.66. The number of H-pyrrole nitrogens is 1. The highest BCUT2D eigenvalue weighted by molar-refractivity contribution is 9.10. The fourth-order valence-electron chi connectivity index (χ4n) is 1.78. The van der Waals surface area contributed by atoms with Crippen LogP contribution in [0.3, 0.4) is 0 Å². The number of aromatic nitrogens is 4. The third-order valence-electron chi connectivity index (χ3n) is 2.61. The van der Waals surface area contributed by atoms with Gasteiger partial charge in [0.05, 0.1) is 12.3 Å². The van der Waals surface area contributed by atoms with Crippen LogP contribution in [0, 0.1) is 0 Å². The normalized spacial score (nSPS) is 10.9. The number of halogens is 1. The molecule has 2 rings (SSSR count). The Bertz CT molecular complexity index is 620. The van der Waals surface area contributed by atoms with Crippen molar-refractivity contribution in [3.63, 3.8) is 0 Å². The van der Waals surface area contributed by atoms with Crippen molar-refractivity contribution in [3.05, 3.63) is 32.8 Å². The lowest BCUT2D eigenvalue weighted by Gasteiger charge is -2.08. The van der Waals surface area contributed by atoms with Crippen molar-refractivity contribution in [2.75, 3.05) is 7.11 Å². The molecule has 0 unspecified atom stereocenters. The van der Waals surface area contributed by atoms with Gasteiger partial charge in [-0.1, -0.05) is 6.92 Å². The number of ether oxygens (including phenoxy) is 1. The Morgan fingerprint density at radius 1 is 1.53 bits per heavy atom. The van der Waals surface area contributed by atoms with Crippen LogP contribution in [0.2, 0.25) is 0 Å². The summed E-state index contributed by atoms with van der Waals surface area (Å²) in [6, 6.07) is 1.83. The minimum atomic E-state index is -0.221. The SMILES string of the molecule is CCCn1nccc1-c1nc(COC)c(Br)c(=O)[nH]1. The maximum Gasteiger partial charge on any atom is 0.265 e. The molecule has 0 fully saturated rings. The number of rotatable bonds is 5. The van der Waals surface area contributed by atoms with Crippen LogP contribution in [-0.2, 0) is 17.9 Å². The van der Waals surface area contributed by atoms with Crippen LogP contribution >= 0.6 is 15.9 Å². The topological polar surface area (TPSA) is 72.8 Å². The summed E-state index contributed by atoms with van der Waals surface area (Å²) in [5, 5.41) is 4.22. The average molecular weight is 327 g/mol. The fourth-order valence-corrected chi connectivity index (χ4v) is 2.09. The van der Waals surface area contributed by atoms with Gasteiger partial charge in [-0.15, -0.1) is 0 Å². The van der Waals surface area contributed by atoms with E-state index in [2.05, 4.69) is 37.9 Å². The molecule has 19 heavy (non-hydrogen) atoms. The van der Waals surface area contributed by atoms with E-state index in [0.717, 1.165) is 18.7 Å². The molecule has 2 aromatic heterocycles. The third kappa shape index (κ3) is 2.93. The van der Waals surface area contributed by atoms with Crippen LogP contribution in [0.15, 0.2) is 21.5 Å². The van der Waals surface area contributed by atoms with E-state index in [9.17, 15) is 4.79 Å². The van der Waals surface area contributed by atoms with Gasteiger partial charge in [-0.25, -0.2) is 4.98 Å². The first kappa shape index (κ1) is 14.0. The van der Waals surface area contributed by atoms with Gasteiger partial charge in [0.2, 0.25) is 0 Å². The average Bonchev–Trinajstić information content (AvgIpc) is 2.84. The molecule has 1 N–H and O–H groups in total. The highest BCUT2D eigenvalue weighted by atomic mass is 79.9. The van der Waals surface area contributed by atoms with Crippen molar-refractivity contribution in [2.45, 2.75) is 26.5 Å². The van der Waals surface area contributed by atoms with E-state index in [0.29, 0.717) is 16.0 Å². The minimum Gasteiger partial charge on any atom is -0.378 e. The second-order valence-electron chi connectivity index (χ2n) is 4.05. The quantitative estimate of drug-likeness (QED) is 0.911. The van der Waals surface area contributed by atoms with Gasteiger partial charge in [0.1, 0.15) is 10.2 Å². The van der Waals surface area contributed by atoms with E-state index in [1.165, 1.54) is 0 Å². The largest absolute Gasteiger partial charge is 0.378 e. The molecular weight excluding hydrogens is 312 g/mol. The number of aryl methyl sites for hydroxylation is 1. The minimum absolute atomic E-state index is 0.221. The summed E-state index contributed by atoms with van der Waals surface area (Å²) in [5.41, 5.74) is 1.15. The van der Waals surface area contributed by atoms with E-state index in [1.807, 2.05) is 10.7 Å². The molecule has 0 atom stereocenters. The third-order valence-corrected chi connectivity index (χ3v) is 3.42. The summed E-state index contributed by atoms with van der Waals surface area (Å²) < 4.78 is 7.27. The van der Waals surface area contributed by atoms with Gasteiger partial charge < -0.3 is 9.72 Å². The molecule has 0 amide bonds. The van der Waals surface area contributed by atoms with Crippen molar-refractivity contribution < 1.29 is 4.74 Å². The predicted molar refractivity (Wildman–Crippen MR) is 74.8 cm³/mol. The van der Waals surface area contributed by atoms with Crippen molar-refractivity contribution in [2.24, 2.45) is 0 Å². The maximum absolute atomic E-state index is 11.9. The van der Waals surface area contributed by atoms with Gasteiger partial charge >= 0.3 is 0 Å². The lowest BCUT2D eigenvalue weighted by Crippen LogP contribution is -2.15. The summed E-state index contributed by atoms with van der Waals surface area (Å²) in [7, 11) is 1.57. The molecule has 0 saturated carbocycles. The van der Waals surface area contributed by atoms with Crippen LogP contribution in [-0.4, -0.2) is 26.9 Å². The van der Waals surface area contributed by atoms with Crippen molar-refractivity contribution in [1.29, 1.82) is 0 Å². The van der Waals surface area contributed by atoms with Gasteiger partial charge in [-0.3, -0.25) is 9.48 Å². The van der Waals surface area contributed by atoms with Crippen LogP contribution < -0.4 is 5.56 Å². The number of methoxy groups -OCH3 is 1. The number of nitrogens with one attached hydrogen (secondary N) is 1. The smallest absolute Gasteiger partial charge is 0.265 e. The van der Waals surface area contributed by atoms with E-state index in [1.54, 1.807) is 13.3 Å². The summed E-state index contributed by atoms with van der Waals surface area (Å²) in [5.74, 6) is 0.506. The Labute approximate surface area is 119 Å². The van der Waals surface area contributed by atoms with Gasteiger partial charge in [-0.2, -0.15) is 5.10 Å². The van der Waals surface area contributed by atoms with E-state index >= 15 is 0 Å². The molecule has 6 nitrogen and oxygen atoms in total. The molecule has 0 aliphatic heterocycles. The van der Waals surface area contributed by atoms with Crippen molar-refractivity contribution in [1.82, 2.24) is 19.7 Å². The van der Waals surface area contributed by atoms with Gasteiger partial charge in [0, 0.05) is 19.9 Å². The van der Waals surface area contributed by atoms with E-state index < -0.39 is 0 Å². The first-order chi connectivity index (χ1) is 9.17. The number of hydrogen-bond acceptors (Lipinski definition) is 4. The Morgan fingerprint density at radius 2 is 2.32 bits per heavy atom. The van der Waals surface area contributed by atoms with Crippen molar-refractivity contribution in [3.8, 4) is 11.5 Å². The maximum atomic E-state index is 11.9. The standard InChI is InChI=1S/C12H15BrN4O2/c1-3-6-17-9(4-5-14-17)11-15-8(7-19-2)10(13)12(18)16-11/h4-5H,3,6-7H2,1-2H3,(H,15,16,18). The number of hydrogen-bond donors (Lipinski definition) is 1. The number of nitrogens with zero attached hydrogens (tertiary/aromatic N) is 3. The monoisotopic (exact) mass is 326 g/mol. The zero-order valence-corrected chi connectivity index (χ0v) is 12.4. The zero-order valence-electron chi connectivity index (χ0n) is 10.8. The predicted octanol–water partition coefficient (Wildman–Crippen LogP) is 1.95. The zero-order chi connectivity index (χ0) is 13.8. The molecular formula is C12H15BrN4O2. The summed E-state index contributed by atoms with van der Waals surface area (Å²) >= 11 is 3.22. The Hall–Kier alpha value is -1.47. The highest BCUT2D eigenvalue weighted by Gasteiger charge is 2.13. The molecule has 0 saturated heterocycles. The lowest BCUT2D eigenvalue weighted by molar-refractivity contribution is 0.180. The van der Waals surface area contributed by atoms with Crippen molar-refractivity contribution >= 4 is 15.9 Å². The van der Waals surface area contributed by atoms with E-state index in [4.69, 9.17) is 4.74 Å². The molecule has 7 heteroatoms. The molecule has 0 radical (unpaired) electrons. The Morgan fingerprint density at radius 3 is 3.00 bits per heavy atom. The van der Waals surface area contributed by atoms with Gasteiger partial charge in [-0.05, 0) is 28.4 Å². The molecule has 2 heterocycles. The fraction of sp³-hybridized carbons (Fsp3) is 0.417. The number of aromatic amines is 1. The van der Waals surface area contributed by atoms with Crippen LogP contribution in [0.5, 0.6) is 0 Å². The van der Waals surface area contributed by atoms with Gasteiger partial charge in [0.15, 0.2) is 5.82 Å². The molecule has 0 spiro atoms. The molecule has 0 aliphatic rings. The second kappa shape index (κ2) is 6.12. The molecule has 0 aliphatic carbocycles. The first-order valence-electron chi connectivity index (χ1n) is 5.97. The summed E-state index contributed by atoms with van der Waals surface area (Å²) in [4.78, 5) is 19.0. The molecule has 0 aromatic carbocycles. The first-order valence-corrected chi connectivity index (χ1v) is 6.76. The molecule has 2 aromatic rings. The van der Waals surface area contributed by atoms with Gasteiger partial charge in [0.25, 0.3) is 5.56 Å². The Balaban J connectivity index is 2.50. The lowest BCUT2D eigenvalue weighted by atomic mass is 10.3. The molecule has 102 valence electrons. The highest BCUT2D eigenvalue weighted by Crippen LogP contribution is 2.17. The van der Waals surface area contributed by atoms with Crippen LogP contribution in [0.4, 0.5) is 0 Å². The summed E-state index contributed by atoms with van der Waals surface area (Å²) in [6.45, 7) is 3.13. The Kier molecular flexibility index (Phi) is 4.49. The second-order valence-corrected chi connectivity index (χ2v) is 4.84.